The number of thioether (sulfide) groups is 1. The zero-order valence-electron chi connectivity index (χ0n) is 13.9. The van der Waals surface area contributed by atoms with Gasteiger partial charge in [-0.1, -0.05) is 18.2 Å². The second-order valence-corrected chi connectivity index (χ2v) is 6.72. The van der Waals surface area contributed by atoms with Crippen molar-refractivity contribution < 1.29 is 14.3 Å². The number of carbonyl (C=O) groups is 1. The molecular weight excluding hydrogens is 322 g/mol. The lowest BCUT2D eigenvalue weighted by molar-refractivity contribution is -0.113. The number of hydrogen-bond donors (Lipinski definition) is 1. The number of rotatable bonds is 6. The van der Waals surface area contributed by atoms with Gasteiger partial charge in [-0.2, -0.15) is 0 Å². The number of benzene rings is 2. The molecule has 0 bridgehead atoms. The van der Waals surface area contributed by atoms with Crippen LogP contribution in [0.3, 0.4) is 0 Å². The minimum Gasteiger partial charge on any atom is -0.492 e. The molecule has 1 N–H and O–H groups in total. The number of hydrogen-bond acceptors (Lipinski definition) is 4. The van der Waals surface area contributed by atoms with Gasteiger partial charge in [-0.3, -0.25) is 4.79 Å². The van der Waals surface area contributed by atoms with E-state index in [0.29, 0.717) is 23.8 Å². The third-order valence-corrected chi connectivity index (χ3v) is 4.70. The molecular formula is C19H21NO3S. The number of ether oxygens (including phenoxy) is 2. The van der Waals surface area contributed by atoms with Gasteiger partial charge in [0.05, 0.1) is 18.0 Å². The first-order chi connectivity index (χ1) is 11.7. The maximum Gasteiger partial charge on any atom is 0.234 e. The molecule has 0 fully saturated rings. The number of fused-ring (bicyclic) bond motifs is 1. The largest absolute Gasteiger partial charge is 0.492 e. The van der Waals surface area contributed by atoms with Gasteiger partial charge in [0.2, 0.25) is 5.91 Å². The number of anilines is 1. The molecule has 0 saturated carbocycles. The molecule has 1 heterocycles. The summed E-state index contributed by atoms with van der Waals surface area (Å²) >= 11 is 1.51. The number of amides is 1. The van der Waals surface area contributed by atoms with E-state index in [4.69, 9.17) is 9.47 Å². The molecule has 1 aliphatic heterocycles. The van der Waals surface area contributed by atoms with Gasteiger partial charge in [0, 0.05) is 22.9 Å². The molecule has 0 radical (unpaired) electrons. The highest BCUT2D eigenvalue weighted by atomic mass is 32.2. The maximum absolute atomic E-state index is 12.3. The summed E-state index contributed by atoms with van der Waals surface area (Å²) in [6.45, 7) is 4.52. The Hall–Kier alpha value is -2.14. The average molecular weight is 343 g/mol. The molecule has 1 amide bonds. The molecule has 0 saturated heterocycles. The summed E-state index contributed by atoms with van der Waals surface area (Å²) in [6, 6.07) is 13.7. The van der Waals surface area contributed by atoms with Crippen LogP contribution in [0.5, 0.6) is 11.5 Å². The van der Waals surface area contributed by atoms with E-state index in [1.807, 2.05) is 56.3 Å². The van der Waals surface area contributed by atoms with E-state index in [-0.39, 0.29) is 12.0 Å². The van der Waals surface area contributed by atoms with E-state index in [9.17, 15) is 4.79 Å². The fourth-order valence-corrected chi connectivity index (χ4v) is 3.38. The van der Waals surface area contributed by atoms with Crippen LogP contribution in [0.15, 0.2) is 47.4 Å². The Morgan fingerprint density at radius 2 is 2.12 bits per heavy atom. The van der Waals surface area contributed by atoms with E-state index >= 15 is 0 Å². The van der Waals surface area contributed by atoms with Gasteiger partial charge in [-0.15, -0.1) is 11.8 Å². The van der Waals surface area contributed by atoms with Crippen molar-refractivity contribution in [2.75, 3.05) is 17.7 Å². The van der Waals surface area contributed by atoms with Crippen LogP contribution >= 0.6 is 11.8 Å². The third-order valence-electron chi connectivity index (χ3n) is 3.69. The first-order valence-corrected chi connectivity index (χ1v) is 9.08. The van der Waals surface area contributed by atoms with Crippen LogP contribution in [0.4, 0.5) is 5.69 Å². The first-order valence-electron chi connectivity index (χ1n) is 8.09. The van der Waals surface area contributed by atoms with Crippen LogP contribution in [-0.2, 0) is 11.2 Å². The lowest BCUT2D eigenvalue weighted by atomic mass is 10.1. The molecule has 0 spiro atoms. The van der Waals surface area contributed by atoms with Crippen molar-refractivity contribution in [1.82, 2.24) is 0 Å². The second-order valence-electron chi connectivity index (χ2n) is 5.67. The zero-order valence-corrected chi connectivity index (χ0v) is 14.7. The van der Waals surface area contributed by atoms with Gasteiger partial charge in [0.25, 0.3) is 0 Å². The average Bonchev–Trinajstić information content (AvgIpc) is 2.93. The third kappa shape index (κ3) is 4.03. The van der Waals surface area contributed by atoms with E-state index < -0.39 is 0 Å². The lowest BCUT2D eigenvalue weighted by Gasteiger charge is -2.13. The molecule has 3 rings (SSSR count). The van der Waals surface area contributed by atoms with Crippen molar-refractivity contribution in [3.8, 4) is 11.5 Å². The van der Waals surface area contributed by atoms with Crippen molar-refractivity contribution in [3.63, 3.8) is 0 Å². The molecule has 1 aliphatic rings. The Labute approximate surface area is 146 Å². The van der Waals surface area contributed by atoms with Crippen molar-refractivity contribution >= 4 is 23.4 Å². The standard InChI is InChI=1S/C19H21NO3S/c1-3-22-18-10-14-9-13(2)23-17(14)11-16(18)20-19(21)12-24-15-7-5-4-6-8-15/h4-8,10-11,13H,3,9,12H2,1-2H3,(H,20,21)/t13-/m1/s1. The predicted molar refractivity (Wildman–Crippen MR) is 97.2 cm³/mol. The van der Waals surface area contributed by atoms with Crippen LogP contribution in [0.25, 0.3) is 0 Å². The van der Waals surface area contributed by atoms with Crippen LogP contribution in [0.2, 0.25) is 0 Å². The van der Waals surface area contributed by atoms with Crippen molar-refractivity contribution in [3.05, 3.63) is 48.0 Å². The van der Waals surface area contributed by atoms with Crippen LogP contribution in [-0.4, -0.2) is 24.4 Å². The highest BCUT2D eigenvalue weighted by Crippen LogP contribution is 2.38. The maximum atomic E-state index is 12.3. The van der Waals surface area contributed by atoms with E-state index in [1.165, 1.54) is 11.8 Å². The van der Waals surface area contributed by atoms with Gasteiger partial charge in [0.15, 0.2) is 0 Å². The highest BCUT2D eigenvalue weighted by molar-refractivity contribution is 8.00. The molecule has 126 valence electrons. The topological polar surface area (TPSA) is 47.6 Å². The fraction of sp³-hybridized carbons (Fsp3) is 0.316. The summed E-state index contributed by atoms with van der Waals surface area (Å²) in [5.74, 6) is 1.82. The molecule has 0 aliphatic carbocycles. The van der Waals surface area contributed by atoms with Gasteiger partial charge in [0.1, 0.15) is 17.6 Å². The first kappa shape index (κ1) is 16.7. The minimum atomic E-state index is -0.0594. The fourth-order valence-electron chi connectivity index (χ4n) is 2.66. The van der Waals surface area contributed by atoms with Crippen molar-refractivity contribution in [2.45, 2.75) is 31.3 Å². The second kappa shape index (κ2) is 7.62. The summed E-state index contributed by atoms with van der Waals surface area (Å²) in [6.07, 6.45) is 1.03. The van der Waals surface area contributed by atoms with E-state index in [1.54, 1.807) is 0 Å². The molecule has 2 aromatic rings. The zero-order chi connectivity index (χ0) is 16.9. The normalized spacial score (nSPS) is 15.5. The summed E-state index contributed by atoms with van der Waals surface area (Å²) in [7, 11) is 0. The Morgan fingerprint density at radius 1 is 1.33 bits per heavy atom. The molecule has 1 atom stereocenters. The predicted octanol–water partition coefficient (Wildman–Crippen LogP) is 4.14. The van der Waals surface area contributed by atoms with Gasteiger partial charge < -0.3 is 14.8 Å². The Balaban J connectivity index is 1.69. The summed E-state index contributed by atoms with van der Waals surface area (Å²) in [5.41, 5.74) is 1.80. The number of carbonyl (C=O) groups excluding carboxylic acids is 1. The molecule has 24 heavy (non-hydrogen) atoms. The van der Waals surface area contributed by atoms with Gasteiger partial charge in [-0.25, -0.2) is 0 Å². The SMILES string of the molecule is CCOc1cc2c(cc1NC(=O)CSc1ccccc1)O[C@H](C)C2. The summed E-state index contributed by atoms with van der Waals surface area (Å²) < 4.78 is 11.5. The summed E-state index contributed by atoms with van der Waals surface area (Å²) in [5, 5.41) is 2.95. The lowest BCUT2D eigenvalue weighted by Crippen LogP contribution is -2.15. The molecule has 0 unspecified atom stereocenters. The van der Waals surface area contributed by atoms with Crippen molar-refractivity contribution in [2.24, 2.45) is 0 Å². The van der Waals surface area contributed by atoms with Crippen LogP contribution in [0, 0.1) is 0 Å². The highest BCUT2D eigenvalue weighted by Gasteiger charge is 2.22. The summed E-state index contributed by atoms with van der Waals surface area (Å²) in [4.78, 5) is 13.4. The van der Waals surface area contributed by atoms with Crippen LogP contribution in [0.1, 0.15) is 19.4 Å². The van der Waals surface area contributed by atoms with Gasteiger partial charge >= 0.3 is 0 Å². The Morgan fingerprint density at radius 3 is 2.88 bits per heavy atom. The minimum absolute atomic E-state index is 0.0594. The molecule has 4 nitrogen and oxygen atoms in total. The van der Waals surface area contributed by atoms with Gasteiger partial charge in [-0.05, 0) is 32.0 Å². The quantitative estimate of drug-likeness (QED) is 0.801. The molecule has 5 heteroatoms. The monoisotopic (exact) mass is 343 g/mol. The van der Waals surface area contributed by atoms with E-state index in [2.05, 4.69) is 5.32 Å². The van der Waals surface area contributed by atoms with E-state index in [0.717, 1.165) is 22.6 Å². The number of nitrogens with one attached hydrogen (secondary N) is 1. The Bertz CT molecular complexity index is 718. The Kier molecular flexibility index (Phi) is 5.30. The smallest absolute Gasteiger partial charge is 0.234 e. The molecule has 2 aromatic carbocycles. The van der Waals surface area contributed by atoms with Crippen molar-refractivity contribution in [1.29, 1.82) is 0 Å². The molecule has 0 aromatic heterocycles. The van der Waals surface area contributed by atoms with Crippen LogP contribution < -0.4 is 14.8 Å².